The van der Waals surface area contributed by atoms with Gasteiger partial charge in [-0.2, -0.15) is 8.42 Å². The number of sulfonamides is 1. The number of hydrogen-bond donors (Lipinski definition) is 1. The van der Waals surface area contributed by atoms with E-state index in [4.69, 9.17) is 11.6 Å². The lowest BCUT2D eigenvalue weighted by Crippen LogP contribution is -2.20. The van der Waals surface area contributed by atoms with Crippen molar-refractivity contribution < 1.29 is 8.42 Å². The summed E-state index contributed by atoms with van der Waals surface area (Å²) < 4.78 is 29.1. The zero-order valence-electron chi connectivity index (χ0n) is 17.0. The van der Waals surface area contributed by atoms with Crippen molar-refractivity contribution in [2.75, 3.05) is 11.8 Å². The first-order valence-corrected chi connectivity index (χ1v) is 11.7. The van der Waals surface area contributed by atoms with E-state index in [9.17, 15) is 8.42 Å². The maximum Gasteiger partial charge on any atom is 0.280 e. The van der Waals surface area contributed by atoms with Gasteiger partial charge in [-0.25, -0.2) is 4.98 Å². The Bertz CT molecular complexity index is 1300. The highest BCUT2D eigenvalue weighted by atomic mass is 35.5. The van der Waals surface area contributed by atoms with E-state index in [0.717, 1.165) is 16.5 Å². The summed E-state index contributed by atoms with van der Waals surface area (Å²) in [6.45, 7) is 1.29. The second kappa shape index (κ2) is 9.06. The lowest BCUT2D eigenvalue weighted by Gasteiger charge is -2.20. The van der Waals surface area contributed by atoms with Crippen molar-refractivity contribution in [2.24, 2.45) is 0 Å². The Labute approximate surface area is 187 Å². The van der Waals surface area contributed by atoms with Crippen molar-refractivity contribution in [1.82, 2.24) is 9.88 Å². The van der Waals surface area contributed by atoms with Gasteiger partial charge in [-0.05, 0) is 47.8 Å². The number of anilines is 1. The molecule has 1 aromatic heterocycles. The number of para-hydroxylation sites is 1. The van der Waals surface area contributed by atoms with E-state index >= 15 is 0 Å². The summed E-state index contributed by atoms with van der Waals surface area (Å²) in [4.78, 5) is 6.27. The van der Waals surface area contributed by atoms with Crippen molar-refractivity contribution in [3.8, 4) is 0 Å². The highest BCUT2D eigenvalue weighted by Gasteiger charge is 2.20. The SMILES string of the molecule is CN(Cc1ccc(Cl)cc1)Cc1ccccc1NS(=O)(=O)c1nccc2ccccc12. The standard InChI is InChI=1S/C24H22ClN3O2S/c1-28(16-18-10-12-21(25)13-11-18)17-20-7-3-5-9-23(20)27-31(29,30)24-22-8-4-2-6-19(22)14-15-26-24/h2-15,27H,16-17H2,1H3. The first kappa shape index (κ1) is 21.3. The largest absolute Gasteiger partial charge is 0.298 e. The van der Waals surface area contributed by atoms with Crippen molar-refractivity contribution in [3.05, 3.63) is 101 Å². The van der Waals surface area contributed by atoms with E-state index < -0.39 is 10.0 Å². The summed E-state index contributed by atoms with van der Waals surface area (Å²) >= 11 is 5.96. The van der Waals surface area contributed by atoms with Gasteiger partial charge in [0.1, 0.15) is 0 Å². The molecular weight excluding hydrogens is 430 g/mol. The molecule has 0 amide bonds. The Morgan fingerprint density at radius 1 is 0.903 bits per heavy atom. The first-order valence-electron chi connectivity index (χ1n) is 9.80. The molecule has 0 fully saturated rings. The van der Waals surface area contributed by atoms with Crippen LogP contribution in [0.5, 0.6) is 0 Å². The summed E-state index contributed by atoms with van der Waals surface area (Å²) in [6, 6.07) is 24.2. The summed E-state index contributed by atoms with van der Waals surface area (Å²) in [7, 11) is -1.86. The van der Waals surface area contributed by atoms with Crippen LogP contribution in [-0.4, -0.2) is 25.3 Å². The molecule has 158 valence electrons. The van der Waals surface area contributed by atoms with Crippen molar-refractivity contribution in [2.45, 2.75) is 18.1 Å². The molecule has 31 heavy (non-hydrogen) atoms. The third-order valence-corrected chi connectivity index (χ3v) is 6.53. The fraction of sp³-hybridized carbons (Fsp3) is 0.125. The molecule has 0 saturated heterocycles. The van der Waals surface area contributed by atoms with E-state index in [1.54, 1.807) is 18.2 Å². The van der Waals surface area contributed by atoms with Crippen LogP contribution in [0.4, 0.5) is 5.69 Å². The van der Waals surface area contributed by atoms with Gasteiger partial charge in [0.05, 0.1) is 5.69 Å². The average Bonchev–Trinajstić information content (AvgIpc) is 2.76. The molecule has 0 atom stereocenters. The molecular formula is C24H22ClN3O2S. The monoisotopic (exact) mass is 451 g/mol. The van der Waals surface area contributed by atoms with Crippen LogP contribution < -0.4 is 4.72 Å². The van der Waals surface area contributed by atoms with Gasteiger partial charge in [0, 0.05) is 29.7 Å². The third-order valence-electron chi connectivity index (χ3n) is 4.96. The van der Waals surface area contributed by atoms with Crippen LogP contribution >= 0.6 is 11.6 Å². The topological polar surface area (TPSA) is 62.3 Å². The van der Waals surface area contributed by atoms with Gasteiger partial charge in [-0.15, -0.1) is 0 Å². The third kappa shape index (κ3) is 5.05. The molecule has 3 aromatic carbocycles. The summed E-state index contributed by atoms with van der Waals surface area (Å²) in [5.74, 6) is 0. The Morgan fingerprint density at radius 2 is 1.61 bits per heavy atom. The maximum absolute atomic E-state index is 13.2. The van der Waals surface area contributed by atoms with E-state index in [1.165, 1.54) is 6.20 Å². The molecule has 5 nitrogen and oxygen atoms in total. The fourth-order valence-corrected chi connectivity index (χ4v) is 4.89. The van der Waals surface area contributed by atoms with Crippen molar-refractivity contribution >= 4 is 38.1 Å². The number of nitrogens with zero attached hydrogens (tertiary/aromatic N) is 2. The van der Waals surface area contributed by atoms with Crippen LogP contribution in [0.3, 0.4) is 0 Å². The highest BCUT2D eigenvalue weighted by Crippen LogP contribution is 2.25. The molecule has 1 N–H and O–H groups in total. The predicted octanol–water partition coefficient (Wildman–Crippen LogP) is 5.32. The van der Waals surface area contributed by atoms with E-state index in [-0.39, 0.29) is 5.03 Å². The Morgan fingerprint density at radius 3 is 2.42 bits per heavy atom. The van der Waals surface area contributed by atoms with Crippen LogP contribution in [0, 0.1) is 0 Å². The minimum Gasteiger partial charge on any atom is -0.298 e. The lowest BCUT2D eigenvalue weighted by molar-refractivity contribution is 0.319. The molecule has 4 aromatic rings. The van der Waals surface area contributed by atoms with Crippen LogP contribution in [0.1, 0.15) is 11.1 Å². The van der Waals surface area contributed by atoms with Gasteiger partial charge in [-0.1, -0.05) is 66.2 Å². The zero-order valence-corrected chi connectivity index (χ0v) is 18.6. The number of hydrogen-bond acceptors (Lipinski definition) is 4. The van der Waals surface area contributed by atoms with E-state index in [1.807, 2.05) is 67.7 Å². The Kier molecular flexibility index (Phi) is 6.23. The second-order valence-electron chi connectivity index (χ2n) is 7.40. The molecule has 0 unspecified atom stereocenters. The van der Waals surface area contributed by atoms with Crippen molar-refractivity contribution in [1.29, 1.82) is 0 Å². The first-order chi connectivity index (χ1) is 14.9. The van der Waals surface area contributed by atoms with E-state index in [0.29, 0.717) is 29.2 Å². The quantitative estimate of drug-likeness (QED) is 0.413. The predicted molar refractivity (Wildman–Crippen MR) is 126 cm³/mol. The molecule has 0 radical (unpaired) electrons. The number of benzene rings is 3. The number of halogens is 1. The van der Waals surface area contributed by atoms with Crippen LogP contribution in [0.25, 0.3) is 10.8 Å². The molecule has 0 spiro atoms. The second-order valence-corrected chi connectivity index (χ2v) is 9.43. The van der Waals surface area contributed by atoms with Gasteiger partial charge in [0.25, 0.3) is 10.0 Å². The number of fused-ring (bicyclic) bond motifs is 1. The smallest absolute Gasteiger partial charge is 0.280 e. The number of nitrogens with one attached hydrogen (secondary N) is 1. The van der Waals surface area contributed by atoms with E-state index in [2.05, 4.69) is 14.6 Å². The van der Waals surface area contributed by atoms with Crippen LogP contribution in [0.15, 0.2) is 90.1 Å². The molecule has 1 heterocycles. The molecule has 0 saturated carbocycles. The molecule has 7 heteroatoms. The minimum atomic E-state index is -3.86. The van der Waals surface area contributed by atoms with Gasteiger partial charge < -0.3 is 0 Å². The number of rotatable bonds is 7. The molecule has 0 aliphatic carbocycles. The van der Waals surface area contributed by atoms with Crippen LogP contribution in [0.2, 0.25) is 5.02 Å². The summed E-state index contributed by atoms with van der Waals surface area (Å²) in [6.07, 6.45) is 1.52. The summed E-state index contributed by atoms with van der Waals surface area (Å²) in [5, 5.41) is 2.15. The van der Waals surface area contributed by atoms with Crippen molar-refractivity contribution in [3.63, 3.8) is 0 Å². The number of aromatic nitrogens is 1. The molecule has 0 aliphatic rings. The minimum absolute atomic E-state index is 0.0231. The lowest BCUT2D eigenvalue weighted by atomic mass is 10.1. The fourth-order valence-electron chi connectivity index (χ4n) is 3.51. The Balaban J connectivity index is 1.57. The van der Waals surface area contributed by atoms with Gasteiger partial charge >= 0.3 is 0 Å². The average molecular weight is 452 g/mol. The molecule has 4 rings (SSSR count). The normalized spacial score (nSPS) is 11.7. The zero-order chi connectivity index (χ0) is 21.8. The van der Waals surface area contributed by atoms with Gasteiger partial charge in [0.15, 0.2) is 5.03 Å². The maximum atomic E-state index is 13.2. The van der Waals surface area contributed by atoms with Gasteiger partial charge in [-0.3, -0.25) is 9.62 Å². The van der Waals surface area contributed by atoms with Gasteiger partial charge in [0.2, 0.25) is 0 Å². The number of pyridine rings is 1. The Hall–Kier alpha value is -2.93. The highest BCUT2D eigenvalue weighted by molar-refractivity contribution is 7.92. The molecule has 0 aliphatic heterocycles. The molecule has 0 bridgehead atoms. The summed E-state index contributed by atoms with van der Waals surface area (Å²) in [5.41, 5.74) is 2.55. The van der Waals surface area contributed by atoms with Crippen LogP contribution in [-0.2, 0) is 23.1 Å².